The van der Waals surface area contributed by atoms with Crippen LogP contribution in [0.1, 0.15) is 19.4 Å². The molecule has 1 heterocycles. The minimum absolute atomic E-state index is 0.664. The summed E-state index contributed by atoms with van der Waals surface area (Å²) in [7, 11) is 1.83. The summed E-state index contributed by atoms with van der Waals surface area (Å²) < 4.78 is 2.73. The highest BCUT2D eigenvalue weighted by molar-refractivity contribution is 9.10. The Morgan fingerprint density at radius 2 is 2.20 bits per heavy atom. The van der Waals surface area contributed by atoms with Crippen molar-refractivity contribution in [3.8, 4) is 0 Å². The molecular formula is C13H18BrN5S. The molecule has 5 nitrogen and oxygen atoms in total. The number of nitrogens with zero attached hydrogens (tertiary/aromatic N) is 4. The van der Waals surface area contributed by atoms with Crippen LogP contribution in [0.25, 0.3) is 0 Å². The Kier molecular flexibility index (Phi) is 5.56. The second-order valence-electron chi connectivity index (χ2n) is 4.98. The van der Waals surface area contributed by atoms with Gasteiger partial charge in [0, 0.05) is 23.0 Å². The number of hydrogen-bond acceptors (Lipinski definition) is 5. The molecule has 20 heavy (non-hydrogen) atoms. The molecule has 0 aliphatic heterocycles. The predicted molar refractivity (Wildman–Crippen MR) is 83.6 cm³/mol. The molecule has 2 aromatic rings. The van der Waals surface area contributed by atoms with E-state index in [1.807, 2.05) is 7.05 Å². The molecule has 0 spiro atoms. The van der Waals surface area contributed by atoms with Gasteiger partial charge in [0.25, 0.3) is 0 Å². The number of aryl methyl sites for hydroxylation is 1. The van der Waals surface area contributed by atoms with Gasteiger partial charge in [-0.05, 0) is 68.3 Å². The van der Waals surface area contributed by atoms with Gasteiger partial charge in [-0.2, -0.15) is 0 Å². The van der Waals surface area contributed by atoms with Crippen LogP contribution in [0.15, 0.2) is 32.7 Å². The molecule has 1 aromatic heterocycles. The molecule has 2 rings (SSSR count). The second kappa shape index (κ2) is 7.19. The molecule has 0 radical (unpaired) electrons. The first kappa shape index (κ1) is 15.5. The van der Waals surface area contributed by atoms with Crippen molar-refractivity contribution in [1.82, 2.24) is 25.5 Å². The molecule has 0 unspecified atom stereocenters. The van der Waals surface area contributed by atoms with Crippen LogP contribution in [0.4, 0.5) is 0 Å². The van der Waals surface area contributed by atoms with E-state index in [1.165, 1.54) is 5.56 Å². The van der Waals surface area contributed by atoms with Crippen LogP contribution >= 0.6 is 27.7 Å². The quantitative estimate of drug-likeness (QED) is 0.863. The van der Waals surface area contributed by atoms with Crippen molar-refractivity contribution >= 4 is 27.7 Å². The number of tetrazole rings is 1. The zero-order valence-electron chi connectivity index (χ0n) is 11.8. The summed E-state index contributed by atoms with van der Waals surface area (Å²) in [4.78, 5) is 1.11. The summed E-state index contributed by atoms with van der Waals surface area (Å²) in [5.74, 6) is 0.664. The van der Waals surface area contributed by atoms with Crippen LogP contribution < -0.4 is 5.32 Å². The molecule has 108 valence electrons. The molecule has 0 saturated heterocycles. The minimum atomic E-state index is 0.664. The van der Waals surface area contributed by atoms with E-state index in [2.05, 4.69) is 68.8 Å². The summed E-state index contributed by atoms with van der Waals surface area (Å²) in [6.45, 7) is 6.32. The topological polar surface area (TPSA) is 55.6 Å². The lowest BCUT2D eigenvalue weighted by Crippen LogP contribution is -2.18. The summed E-state index contributed by atoms with van der Waals surface area (Å²) in [6, 6.07) is 6.36. The van der Waals surface area contributed by atoms with Crippen LogP contribution in [-0.4, -0.2) is 26.8 Å². The first-order chi connectivity index (χ1) is 9.56. The van der Waals surface area contributed by atoms with Crippen LogP contribution in [-0.2, 0) is 13.6 Å². The van der Waals surface area contributed by atoms with E-state index in [1.54, 1.807) is 16.4 Å². The van der Waals surface area contributed by atoms with Crippen LogP contribution in [0.3, 0.4) is 0 Å². The third kappa shape index (κ3) is 4.29. The molecule has 0 bridgehead atoms. The number of nitrogens with one attached hydrogen (secondary N) is 1. The van der Waals surface area contributed by atoms with E-state index in [4.69, 9.17) is 0 Å². The molecule has 0 aliphatic rings. The molecule has 0 fully saturated rings. The van der Waals surface area contributed by atoms with Crippen LogP contribution in [0.5, 0.6) is 0 Å². The van der Waals surface area contributed by atoms with Crippen molar-refractivity contribution in [3.05, 3.63) is 28.2 Å². The van der Waals surface area contributed by atoms with Gasteiger partial charge in [0.05, 0.1) is 0 Å². The van der Waals surface area contributed by atoms with Crippen LogP contribution in [0, 0.1) is 5.92 Å². The zero-order valence-corrected chi connectivity index (χ0v) is 14.2. The summed E-state index contributed by atoms with van der Waals surface area (Å²) in [5.41, 5.74) is 1.26. The second-order valence-corrected chi connectivity index (χ2v) is 6.84. The normalized spacial score (nSPS) is 11.2. The van der Waals surface area contributed by atoms with Crippen molar-refractivity contribution in [1.29, 1.82) is 0 Å². The lowest BCUT2D eigenvalue weighted by molar-refractivity contribution is 0.552. The van der Waals surface area contributed by atoms with E-state index in [9.17, 15) is 0 Å². The summed E-state index contributed by atoms with van der Waals surface area (Å²) in [6.07, 6.45) is 0. The van der Waals surface area contributed by atoms with Crippen molar-refractivity contribution in [2.45, 2.75) is 30.4 Å². The third-order valence-corrected chi connectivity index (χ3v) is 4.68. The van der Waals surface area contributed by atoms with E-state index >= 15 is 0 Å². The summed E-state index contributed by atoms with van der Waals surface area (Å²) in [5, 5.41) is 15.7. The smallest absolute Gasteiger partial charge is 0.213 e. The predicted octanol–water partition coefficient (Wildman–Crippen LogP) is 2.87. The maximum absolute atomic E-state index is 3.98. The van der Waals surface area contributed by atoms with Crippen molar-refractivity contribution in [2.75, 3.05) is 6.54 Å². The van der Waals surface area contributed by atoms with Gasteiger partial charge in [0.1, 0.15) is 0 Å². The summed E-state index contributed by atoms with van der Waals surface area (Å²) >= 11 is 5.16. The van der Waals surface area contributed by atoms with E-state index in [0.29, 0.717) is 5.92 Å². The average Bonchev–Trinajstić information content (AvgIpc) is 2.78. The Bertz CT molecular complexity index is 570. The van der Waals surface area contributed by atoms with E-state index in [0.717, 1.165) is 27.6 Å². The van der Waals surface area contributed by atoms with Gasteiger partial charge in [-0.1, -0.05) is 19.9 Å². The van der Waals surface area contributed by atoms with Gasteiger partial charge in [0.15, 0.2) is 0 Å². The zero-order chi connectivity index (χ0) is 14.5. The average molecular weight is 356 g/mol. The number of rotatable bonds is 6. The molecule has 0 amide bonds. The highest BCUT2D eigenvalue weighted by Gasteiger charge is 2.08. The Morgan fingerprint density at radius 1 is 1.40 bits per heavy atom. The van der Waals surface area contributed by atoms with Crippen molar-refractivity contribution in [2.24, 2.45) is 13.0 Å². The van der Waals surface area contributed by atoms with Crippen molar-refractivity contribution < 1.29 is 0 Å². The molecule has 7 heteroatoms. The molecule has 1 aromatic carbocycles. The SMILES string of the molecule is CC(C)CNCc1ccc(Sc2nnnn2C)c(Br)c1. The van der Waals surface area contributed by atoms with E-state index in [-0.39, 0.29) is 0 Å². The fourth-order valence-electron chi connectivity index (χ4n) is 1.65. The maximum Gasteiger partial charge on any atom is 0.213 e. The number of aromatic nitrogens is 4. The first-order valence-electron chi connectivity index (χ1n) is 6.45. The fourth-order valence-corrected chi connectivity index (χ4v) is 3.05. The third-order valence-electron chi connectivity index (χ3n) is 2.66. The van der Waals surface area contributed by atoms with Crippen molar-refractivity contribution in [3.63, 3.8) is 0 Å². The highest BCUT2D eigenvalue weighted by Crippen LogP contribution is 2.32. The number of benzene rings is 1. The highest BCUT2D eigenvalue weighted by atomic mass is 79.9. The molecule has 0 aliphatic carbocycles. The fraction of sp³-hybridized carbons (Fsp3) is 0.462. The standard InChI is InChI=1S/C13H18BrN5S/c1-9(2)7-15-8-10-4-5-12(11(14)6-10)20-13-16-17-18-19(13)3/h4-6,9,15H,7-8H2,1-3H3. The molecule has 0 saturated carbocycles. The lowest BCUT2D eigenvalue weighted by Gasteiger charge is -2.09. The number of hydrogen-bond donors (Lipinski definition) is 1. The van der Waals surface area contributed by atoms with Gasteiger partial charge < -0.3 is 5.32 Å². The minimum Gasteiger partial charge on any atom is -0.312 e. The monoisotopic (exact) mass is 355 g/mol. The Morgan fingerprint density at radius 3 is 2.80 bits per heavy atom. The lowest BCUT2D eigenvalue weighted by atomic mass is 10.2. The Hall–Kier alpha value is -0.920. The van der Waals surface area contributed by atoms with Gasteiger partial charge in [-0.15, -0.1) is 5.10 Å². The molecular weight excluding hydrogens is 338 g/mol. The van der Waals surface area contributed by atoms with Gasteiger partial charge in [-0.25, -0.2) is 4.68 Å². The molecule has 1 N–H and O–H groups in total. The van der Waals surface area contributed by atoms with Gasteiger partial charge in [0.2, 0.25) is 5.16 Å². The number of halogens is 1. The van der Waals surface area contributed by atoms with Gasteiger partial charge in [-0.3, -0.25) is 0 Å². The largest absolute Gasteiger partial charge is 0.312 e. The van der Waals surface area contributed by atoms with Gasteiger partial charge >= 0.3 is 0 Å². The van der Waals surface area contributed by atoms with Crippen LogP contribution in [0.2, 0.25) is 0 Å². The Balaban J connectivity index is 2.01. The maximum atomic E-state index is 3.98. The van der Waals surface area contributed by atoms with E-state index < -0.39 is 0 Å². The Labute approximate surface area is 131 Å². The molecule has 0 atom stereocenters. The first-order valence-corrected chi connectivity index (χ1v) is 8.06.